The van der Waals surface area contributed by atoms with E-state index in [0.717, 1.165) is 17.8 Å². The molecule has 1 rings (SSSR count). The molecule has 0 aliphatic rings. The van der Waals surface area contributed by atoms with E-state index in [1.54, 1.807) is 12.4 Å². The molecule has 0 atom stereocenters. The molecule has 66 valence electrons. The molecule has 2 N–H and O–H groups in total. The van der Waals surface area contributed by atoms with Crippen LogP contribution in [0.1, 0.15) is 12.6 Å². The van der Waals surface area contributed by atoms with Crippen LogP contribution in [0.3, 0.4) is 0 Å². The van der Waals surface area contributed by atoms with E-state index in [0.29, 0.717) is 5.88 Å². The first-order chi connectivity index (χ1) is 5.80. The maximum Gasteiger partial charge on any atom is 0.219 e. The number of aryl methyl sites for hydroxylation is 1. The van der Waals surface area contributed by atoms with Crippen molar-refractivity contribution in [2.75, 3.05) is 7.11 Å². The minimum atomic E-state index is 0.657. The Morgan fingerprint density at radius 3 is 2.83 bits per heavy atom. The normalized spacial score (nSPS) is 9.92. The van der Waals surface area contributed by atoms with Gasteiger partial charge in [-0.1, -0.05) is 6.92 Å². The molecule has 3 heteroatoms. The fraction of sp³-hybridized carbons (Fsp3) is 0.333. The third-order valence-electron chi connectivity index (χ3n) is 1.68. The second kappa shape index (κ2) is 4.07. The summed E-state index contributed by atoms with van der Waals surface area (Å²) in [7, 11) is 5.32. The molecule has 0 spiro atoms. The molecule has 0 radical (unpaired) electrons. The van der Waals surface area contributed by atoms with Crippen molar-refractivity contribution >= 4 is 5.69 Å². The van der Waals surface area contributed by atoms with Crippen LogP contribution in [0.2, 0.25) is 0 Å². The number of hydrogen-bond donors (Lipinski definition) is 1. The SMILES string of the molecule is [CH2-][NH2+]c1cc(CC)nc(OC)c1. The van der Waals surface area contributed by atoms with Crippen molar-refractivity contribution in [3.05, 3.63) is 24.9 Å². The summed E-state index contributed by atoms with van der Waals surface area (Å²) < 4.78 is 5.04. The fourth-order valence-corrected chi connectivity index (χ4v) is 0.986. The monoisotopic (exact) mass is 166 g/mol. The van der Waals surface area contributed by atoms with Crippen LogP contribution in [0.4, 0.5) is 5.69 Å². The van der Waals surface area contributed by atoms with Gasteiger partial charge in [0, 0.05) is 11.8 Å². The lowest BCUT2D eigenvalue weighted by Gasteiger charge is -2.05. The van der Waals surface area contributed by atoms with Gasteiger partial charge in [0.05, 0.1) is 13.2 Å². The Kier molecular flexibility index (Phi) is 3.05. The molecule has 0 bridgehead atoms. The van der Waals surface area contributed by atoms with E-state index in [1.807, 2.05) is 12.1 Å². The summed E-state index contributed by atoms with van der Waals surface area (Å²) in [5.41, 5.74) is 2.09. The molecule has 1 heterocycles. The zero-order valence-electron chi connectivity index (χ0n) is 7.50. The number of quaternary nitrogens is 1. The van der Waals surface area contributed by atoms with Crippen LogP contribution in [0.5, 0.6) is 5.88 Å². The van der Waals surface area contributed by atoms with Gasteiger partial charge in [0.1, 0.15) is 5.69 Å². The van der Waals surface area contributed by atoms with E-state index in [4.69, 9.17) is 4.74 Å². The van der Waals surface area contributed by atoms with Crippen LogP contribution >= 0.6 is 0 Å². The Balaban J connectivity index is 3.01. The molecule has 0 unspecified atom stereocenters. The lowest BCUT2D eigenvalue weighted by Crippen LogP contribution is -2.69. The highest BCUT2D eigenvalue weighted by atomic mass is 16.5. The summed E-state index contributed by atoms with van der Waals surface area (Å²) in [5, 5.41) is 1.80. The van der Waals surface area contributed by atoms with Gasteiger partial charge in [-0.3, -0.25) is 0 Å². The number of pyridine rings is 1. The lowest BCUT2D eigenvalue weighted by atomic mass is 10.2. The largest absolute Gasteiger partial charge is 0.481 e. The quantitative estimate of drug-likeness (QED) is 0.669. The molecule has 0 aliphatic carbocycles. The Morgan fingerprint density at radius 1 is 1.58 bits per heavy atom. The third-order valence-corrected chi connectivity index (χ3v) is 1.68. The summed E-state index contributed by atoms with van der Waals surface area (Å²) in [6, 6.07) is 3.88. The van der Waals surface area contributed by atoms with Gasteiger partial charge >= 0.3 is 0 Å². The highest BCUT2D eigenvalue weighted by Crippen LogP contribution is 2.12. The first kappa shape index (κ1) is 9.00. The molecule has 1 aromatic heterocycles. The molecule has 12 heavy (non-hydrogen) atoms. The minimum absolute atomic E-state index is 0.657. The number of hydrogen-bond acceptors (Lipinski definition) is 2. The maximum atomic E-state index is 5.04. The summed E-state index contributed by atoms with van der Waals surface area (Å²) in [4.78, 5) is 4.25. The number of nitrogens with two attached hydrogens (primary N) is 1. The molecule has 0 saturated carbocycles. The fourth-order valence-electron chi connectivity index (χ4n) is 0.986. The highest BCUT2D eigenvalue weighted by Gasteiger charge is 2.00. The van der Waals surface area contributed by atoms with E-state index in [2.05, 4.69) is 19.0 Å². The van der Waals surface area contributed by atoms with Gasteiger partial charge in [0.25, 0.3) is 0 Å². The van der Waals surface area contributed by atoms with E-state index < -0.39 is 0 Å². The minimum Gasteiger partial charge on any atom is -0.481 e. The van der Waals surface area contributed by atoms with Crippen molar-refractivity contribution in [3.8, 4) is 5.88 Å². The van der Waals surface area contributed by atoms with E-state index in [1.165, 1.54) is 0 Å². The standard InChI is InChI=1S/C9H14N2O/c1-4-7-5-8(10-2)6-9(11-7)12-3/h5-6H,2,4,10H2,1,3H3. The molecule has 0 amide bonds. The Morgan fingerprint density at radius 2 is 2.33 bits per heavy atom. The van der Waals surface area contributed by atoms with Gasteiger partial charge in [-0.2, -0.15) is 0 Å². The molecule has 0 aliphatic heterocycles. The summed E-state index contributed by atoms with van der Waals surface area (Å²) in [6.07, 6.45) is 0.915. The molecule has 0 aromatic carbocycles. The van der Waals surface area contributed by atoms with Crippen molar-refractivity contribution in [2.24, 2.45) is 0 Å². The Bertz CT molecular complexity index is 205. The number of ether oxygens (including phenoxy) is 1. The maximum absolute atomic E-state index is 5.04. The molecule has 0 fully saturated rings. The topological polar surface area (TPSA) is 38.7 Å². The van der Waals surface area contributed by atoms with Crippen LogP contribution in [0, 0.1) is 7.05 Å². The Labute approximate surface area is 72.8 Å². The van der Waals surface area contributed by atoms with Crippen LogP contribution in [0.25, 0.3) is 0 Å². The van der Waals surface area contributed by atoms with Crippen molar-refractivity contribution < 1.29 is 10.1 Å². The molecular weight excluding hydrogens is 152 g/mol. The van der Waals surface area contributed by atoms with Gasteiger partial charge in [0.2, 0.25) is 5.88 Å². The van der Waals surface area contributed by atoms with Gasteiger partial charge in [0.15, 0.2) is 0 Å². The first-order valence-corrected chi connectivity index (χ1v) is 3.97. The predicted octanol–water partition coefficient (Wildman–Crippen LogP) is 0.639. The smallest absolute Gasteiger partial charge is 0.219 e. The van der Waals surface area contributed by atoms with Crippen molar-refractivity contribution in [1.29, 1.82) is 0 Å². The number of rotatable bonds is 3. The molecule has 3 nitrogen and oxygen atoms in total. The van der Waals surface area contributed by atoms with Crippen molar-refractivity contribution in [1.82, 2.24) is 4.98 Å². The van der Waals surface area contributed by atoms with Crippen LogP contribution in [-0.4, -0.2) is 12.1 Å². The highest BCUT2D eigenvalue weighted by molar-refractivity contribution is 5.35. The molecule has 1 aromatic rings. The molecule has 0 saturated heterocycles. The number of methoxy groups -OCH3 is 1. The van der Waals surface area contributed by atoms with Crippen molar-refractivity contribution in [2.45, 2.75) is 13.3 Å². The van der Waals surface area contributed by atoms with Gasteiger partial charge in [-0.05, 0) is 6.42 Å². The van der Waals surface area contributed by atoms with E-state index in [9.17, 15) is 0 Å². The lowest BCUT2D eigenvalue weighted by molar-refractivity contribution is -0.504. The Hall–Kier alpha value is -1.09. The van der Waals surface area contributed by atoms with Crippen LogP contribution in [0.15, 0.2) is 12.1 Å². The zero-order chi connectivity index (χ0) is 8.97. The van der Waals surface area contributed by atoms with Gasteiger partial charge in [-0.15, -0.1) is 7.05 Å². The third kappa shape index (κ3) is 1.95. The number of aromatic nitrogens is 1. The van der Waals surface area contributed by atoms with E-state index >= 15 is 0 Å². The summed E-state index contributed by atoms with van der Waals surface area (Å²) in [5.74, 6) is 0.657. The zero-order valence-corrected chi connectivity index (χ0v) is 7.50. The summed E-state index contributed by atoms with van der Waals surface area (Å²) in [6.45, 7) is 2.06. The van der Waals surface area contributed by atoms with Gasteiger partial charge < -0.3 is 10.1 Å². The molecular formula is C9H14N2O. The number of nitrogens with zero attached hydrogens (tertiary/aromatic N) is 1. The predicted molar refractivity (Wildman–Crippen MR) is 47.1 cm³/mol. The second-order valence-corrected chi connectivity index (χ2v) is 2.49. The average Bonchev–Trinajstić information content (AvgIpc) is 2.16. The average molecular weight is 166 g/mol. The van der Waals surface area contributed by atoms with Gasteiger partial charge in [-0.25, -0.2) is 4.98 Å². The van der Waals surface area contributed by atoms with Crippen LogP contribution < -0.4 is 10.1 Å². The van der Waals surface area contributed by atoms with Crippen LogP contribution in [-0.2, 0) is 6.42 Å². The van der Waals surface area contributed by atoms with Crippen molar-refractivity contribution in [3.63, 3.8) is 0 Å². The van der Waals surface area contributed by atoms with E-state index in [-0.39, 0.29) is 0 Å². The summed E-state index contributed by atoms with van der Waals surface area (Å²) >= 11 is 0. The first-order valence-electron chi connectivity index (χ1n) is 3.97. The second-order valence-electron chi connectivity index (χ2n) is 2.49.